The van der Waals surface area contributed by atoms with E-state index in [1.165, 1.54) is 18.9 Å². The Hall–Kier alpha value is -3.93. The lowest BCUT2D eigenvalue weighted by Crippen LogP contribution is -2.37. The quantitative estimate of drug-likeness (QED) is 0.130. The largest absolute Gasteiger partial charge is 0.493 e. The second-order valence-electron chi connectivity index (χ2n) is 9.02. The maximum absolute atomic E-state index is 12.3. The van der Waals surface area contributed by atoms with Crippen molar-refractivity contribution < 1.29 is 23.9 Å². The van der Waals surface area contributed by atoms with Gasteiger partial charge in [0.1, 0.15) is 0 Å². The van der Waals surface area contributed by atoms with Crippen LogP contribution in [-0.4, -0.2) is 37.7 Å². The lowest BCUT2D eigenvalue weighted by molar-refractivity contribution is -0.139. The Labute approximate surface area is 241 Å². The van der Waals surface area contributed by atoms with Crippen molar-refractivity contribution in [1.29, 1.82) is 0 Å². The number of amides is 3. The van der Waals surface area contributed by atoms with Gasteiger partial charge in [-0.1, -0.05) is 50.2 Å². The first-order chi connectivity index (χ1) is 18.7. The molecule has 3 aromatic rings. The summed E-state index contributed by atoms with van der Waals surface area (Å²) in [6, 6.07) is 18.7. The Bertz CT molecular complexity index is 1360. The minimum absolute atomic E-state index is 0.208. The van der Waals surface area contributed by atoms with Crippen LogP contribution in [0.1, 0.15) is 42.0 Å². The first-order valence-corrected chi connectivity index (χ1v) is 13.3. The molecule has 0 aliphatic carbocycles. The molecule has 0 aliphatic heterocycles. The minimum atomic E-state index is -0.883. The fourth-order valence-electron chi connectivity index (χ4n) is 3.51. The van der Waals surface area contributed by atoms with Gasteiger partial charge in [-0.25, -0.2) is 5.43 Å². The summed E-state index contributed by atoms with van der Waals surface area (Å²) in [4.78, 5) is 36.6. The van der Waals surface area contributed by atoms with E-state index in [1.807, 2.05) is 49.4 Å². The molecule has 0 saturated carbocycles. The van der Waals surface area contributed by atoms with E-state index in [4.69, 9.17) is 9.47 Å². The summed E-state index contributed by atoms with van der Waals surface area (Å²) in [5, 5.41) is 9.24. The van der Waals surface area contributed by atoms with Crippen LogP contribution in [0.3, 0.4) is 0 Å². The van der Waals surface area contributed by atoms with Crippen LogP contribution >= 0.6 is 22.6 Å². The number of carbonyl (C=O) groups excluding carboxylic acids is 3. The second-order valence-corrected chi connectivity index (χ2v) is 10.2. The number of ether oxygens (including phenoxy) is 2. The first kappa shape index (κ1) is 29.6. The Morgan fingerprint density at radius 3 is 2.44 bits per heavy atom. The van der Waals surface area contributed by atoms with Crippen molar-refractivity contribution in [2.75, 3.05) is 19.0 Å². The van der Waals surface area contributed by atoms with E-state index in [0.717, 1.165) is 11.1 Å². The van der Waals surface area contributed by atoms with Crippen LogP contribution in [0.15, 0.2) is 65.8 Å². The molecule has 3 amide bonds. The number of hydrazone groups is 1. The number of aryl methyl sites for hydroxylation is 1. The zero-order chi connectivity index (χ0) is 28.4. The highest BCUT2D eigenvalue weighted by molar-refractivity contribution is 14.1. The normalized spacial score (nSPS) is 10.8. The average Bonchev–Trinajstić information content (AvgIpc) is 2.91. The molecule has 3 aromatic carbocycles. The highest BCUT2D eigenvalue weighted by Gasteiger charge is 2.15. The molecule has 0 aliphatic rings. The van der Waals surface area contributed by atoms with Crippen LogP contribution < -0.4 is 25.5 Å². The molecule has 3 rings (SSSR count). The summed E-state index contributed by atoms with van der Waals surface area (Å²) in [7, 11) is 1.48. The Balaban J connectivity index is 1.52. The van der Waals surface area contributed by atoms with Crippen molar-refractivity contribution >= 4 is 52.2 Å². The number of nitrogens with one attached hydrogen (secondary N) is 3. The van der Waals surface area contributed by atoms with E-state index in [-0.39, 0.29) is 19.1 Å². The summed E-state index contributed by atoms with van der Waals surface area (Å²) in [5.74, 6) is -0.775. The average molecular weight is 642 g/mol. The highest BCUT2D eigenvalue weighted by Crippen LogP contribution is 2.33. The molecule has 39 heavy (non-hydrogen) atoms. The van der Waals surface area contributed by atoms with Crippen LogP contribution in [-0.2, 0) is 20.9 Å². The summed E-state index contributed by atoms with van der Waals surface area (Å²) in [6.45, 7) is 6.18. The van der Waals surface area contributed by atoms with Crippen molar-refractivity contribution in [3.05, 3.63) is 86.5 Å². The maximum atomic E-state index is 12.3. The van der Waals surface area contributed by atoms with Gasteiger partial charge in [0.2, 0.25) is 0 Å². The van der Waals surface area contributed by atoms with E-state index in [2.05, 4.69) is 57.6 Å². The first-order valence-electron chi connectivity index (χ1n) is 12.2. The number of hydrogen-bond acceptors (Lipinski definition) is 6. The molecular weight excluding hydrogens is 611 g/mol. The van der Waals surface area contributed by atoms with Crippen molar-refractivity contribution in [1.82, 2.24) is 10.7 Å². The molecule has 0 unspecified atom stereocenters. The zero-order valence-corrected chi connectivity index (χ0v) is 24.4. The van der Waals surface area contributed by atoms with Gasteiger partial charge in [-0.15, -0.1) is 0 Å². The second kappa shape index (κ2) is 14.3. The van der Waals surface area contributed by atoms with E-state index in [9.17, 15) is 14.4 Å². The number of anilines is 1. The predicted octanol–water partition coefficient (Wildman–Crippen LogP) is 4.52. The molecule has 0 aromatic heterocycles. The molecule has 0 fully saturated rings. The van der Waals surface area contributed by atoms with Gasteiger partial charge in [-0.3, -0.25) is 14.4 Å². The van der Waals surface area contributed by atoms with Gasteiger partial charge in [0.05, 0.1) is 16.9 Å². The highest BCUT2D eigenvalue weighted by atomic mass is 127. The molecule has 0 spiro atoms. The molecule has 0 atom stereocenters. The standard InChI is InChI=1S/C29H31IN4O5/c1-18(2)22-10-8-20(9-11-22)15-31-28(36)29(37)34-32-16-21-13-24(30)27(25(14-21)38-4)39-17-26(35)33-23-7-5-6-19(3)12-23/h5-14,16,18H,15,17H2,1-4H3,(H,31,36)(H,33,35)(H,34,37)/b32-16-. The molecule has 0 bridgehead atoms. The van der Waals surface area contributed by atoms with Gasteiger partial charge < -0.3 is 20.1 Å². The van der Waals surface area contributed by atoms with Crippen LogP contribution in [0.4, 0.5) is 5.69 Å². The number of benzene rings is 3. The summed E-state index contributed by atoms with van der Waals surface area (Å²) >= 11 is 2.06. The van der Waals surface area contributed by atoms with Crippen molar-refractivity contribution in [3.8, 4) is 11.5 Å². The molecule has 204 valence electrons. The molecule has 0 saturated heterocycles. The van der Waals surface area contributed by atoms with Crippen molar-refractivity contribution in [2.24, 2.45) is 5.10 Å². The minimum Gasteiger partial charge on any atom is -0.493 e. The van der Waals surface area contributed by atoms with E-state index in [1.54, 1.807) is 18.2 Å². The van der Waals surface area contributed by atoms with E-state index < -0.39 is 11.8 Å². The van der Waals surface area contributed by atoms with Crippen LogP contribution in [0.25, 0.3) is 0 Å². The third-order valence-corrected chi connectivity index (χ3v) is 6.39. The fourth-order valence-corrected chi connectivity index (χ4v) is 4.29. The number of nitrogens with zero attached hydrogens (tertiary/aromatic N) is 1. The molecular formula is C29H31IN4O5. The van der Waals surface area contributed by atoms with E-state index >= 15 is 0 Å². The number of halogens is 1. The molecule has 9 nitrogen and oxygen atoms in total. The number of methoxy groups -OCH3 is 1. The Kier molecular flexibility index (Phi) is 10.9. The maximum Gasteiger partial charge on any atom is 0.329 e. The Morgan fingerprint density at radius 2 is 1.77 bits per heavy atom. The molecule has 0 heterocycles. The lowest BCUT2D eigenvalue weighted by atomic mass is 10.0. The van der Waals surface area contributed by atoms with Gasteiger partial charge >= 0.3 is 11.8 Å². The number of rotatable bonds is 10. The summed E-state index contributed by atoms with van der Waals surface area (Å²) in [6.07, 6.45) is 1.38. The van der Waals surface area contributed by atoms with Crippen LogP contribution in [0, 0.1) is 10.5 Å². The molecule has 0 radical (unpaired) electrons. The van der Waals surface area contributed by atoms with Crippen molar-refractivity contribution in [3.63, 3.8) is 0 Å². The summed E-state index contributed by atoms with van der Waals surface area (Å²) < 4.78 is 11.8. The summed E-state index contributed by atoms with van der Waals surface area (Å²) in [5.41, 5.74) is 6.63. The Morgan fingerprint density at radius 1 is 1.03 bits per heavy atom. The molecule has 3 N–H and O–H groups in total. The van der Waals surface area contributed by atoms with Gasteiger partial charge in [0, 0.05) is 12.2 Å². The zero-order valence-electron chi connectivity index (χ0n) is 22.2. The molecule has 10 heteroatoms. The van der Waals surface area contributed by atoms with E-state index in [0.29, 0.717) is 32.2 Å². The third-order valence-electron chi connectivity index (χ3n) is 5.59. The monoisotopic (exact) mass is 642 g/mol. The SMILES string of the molecule is COc1cc(/C=N\NC(=O)C(=O)NCc2ccc(C(C)C)cc2)cc(I)c1OCC(=O)Nc1cccc(C)c1. The topological polar surface area (TPSA) is 118 Å². The van der Waals surface area contributed by atoms with Crippen molar-refractivity contribution in [2.45, 2.75) is 33.2 Å². The van der Waals surface area contributed by atoms with Gasteiger partial charge in [-0.2, -0.15) is 5.10 Å². The number of carbonyl (C=O) groups is 3. The third kappa shape index (κ3) is 9.10. The predicted molar refractivity (Wildman–Crippen MR) is 159 cm³/mol. The number of hydrogen-bond donors (Lipinski definition) is 3. The van der Waals surface area contributed by atoms with Gasteiger partial charge in [-0.05, 0) is 82.0 Å². The fraction of sp³-hybridized carbons (Fsp3) is 0.241. The lowest BCUT2D eigenvalue weighted by Gasteiger charge is -2.13. The van der Waals surface area contributed by atoms with Gasteiger partial charge in [0.25, 0.3) is 5.91 Å². The smallest absolute Gasteiger partial charge is 0.329 e. The van der Waals surface area contributed by atoms with Crippen LogP contribution in [0.5, 0.6) is 11.5 Å². The van der Waals surface area contributed by atoms with Gasteiger partial charge in [0.15, 0.2) is 18.1 Å². The van der Waals surface area contributed by atoms with Crippen LogP contribution in [0.2, 0.25) is 0 Å².